The fraction of sp³-hybridized carbons (Fsp3) is 0.636. The lowest BCUT2D eigenvalue weighted by Gasteiger charge is -2.41. The highest BCUT2D eigenvalue weighted by Crippen LogP contribution is 2.20. The number of aliphatic hydroxyl groups excluding tert-OH is 3. The lowest BCUT2D eigenvalue weighted by atomic mass is 9.97. The molecule has 0 amide bonds. The second-order valence-electron chi connectivity index (χ2n) is 4.21. The van der Waals surface area contributed by atoms with Crippen molar-refractivity contribution < 1.29 is 24.9 Å². The summed E-state index contributed by atoms with van der Waals surface area (Å²) in [5.41, 5.74) is 0. The highest BCUT2D eigenvalue weighted by atomic mass is 16.8. The first-order valence-corrected chi connectivity index (χ1v) is 5.56. The van der Waals surface area contributed by atoms with Crippen molar-refractivity contribution in [3.63, 3.8) is 0 Å². The molecule has 0 aromatic heterocycles. The van der Waals surface area contributed by atoms with Crippen LogP contribution in [0.1, 0.15) is 6.92 Å². The zero-order valence-electron chi connectivity index (χ0n) is 9.51. The van der Waals surface area contributed by atoms with Gasteiger partial charge in [-0.15, -0.1) is 0 Å². The van der Waals surface area contributed by atoms with Crippen molar-refractivity contribution in [2.75, 3.05) is 6.54 Å². The Labute approximate surface area is 99.3 Å². The molecule has 2 aliphatic rings. The molecule has 6 nitrogen and oxygen atoms in total. The van der Waals surface area contributed by atoms with Crippen LogP contribution in [0.5, 0.6) is 0 Å². The summed E-state index contributed by atoms with van der Waals surface area (Å²) >= 11 is 0. The summed E-state index contributed by atoms with van der Waals surface area (Å²) in [5, 5.41) is 30.2. The number of ether oxygens (including phenoxy) is 1. The van der Waals surface area contributed by atoms with E-state index >= 15 is 0 Å². The molecule has 0 bridgehead atoms. The quantitative estimate of drug-likeness (QED) is 0.585. The van der Waals surface area contributed by atoms with Crippen molar-refractivity contribution in [2.24, 2.45) is 0 Å². The van der Waals surface area contributed by atoms with Gasteiger partial charge in [0.25, 0.3) is 0 Å². The van der Waals surface area contributed by atoms with E-state index in [0.29, 0.717) is 0 Å². The summed E-state index contributed by atoms with van der Waals surface area (Å²) in [6.45, 7) is 1.83. The Hall–Kier alpha value is -0.920. The molecule has 5 unspecified atom stereocenters. The Morgan fingerprint density at radius 2 is 2.00 bits per heavy atom. The Balaban J connectivity index is 1.96. The van der Waals surface area contributed by atoms with Crippen LogP contribution < -0.4 is 0 Å². The summed E-state index contributed by atoms with van der Waals surface area (Å²) < 4.78 is 5.17. The predicted molar refractivity (Wildman–Crippen MR) is 58.4 cm³/mol. The summed E-state index contributed by atoms with van der Waals surface area (Å²) in [6.07, 6.45) is 2.91. The van der Waals surface area contributed by atoms with Crippen LogP contribution in [-0.4, -0.2) is 57.6 Å². The zero-order chi connectivity index (χ0) is 12.4. The maximum Gasteiger partial charge on any atom is 0.236 e. The zero-order valence-corrected chi connectivity index (χ0v) is 9.51. The van der Waals surface area contributed by atoms with Gasteiger partial charge in [-0.05, 0) is 19.1 Å². The van der Waals surface area contributed by atoms with Crippen molar-refractivity contribution in [1.82, 2.24) is 5.06 Å². The number of hydrogen-bond donors (Lipinski definition) is 3. The lowest BCUT2D eigenvalue weighted by Crippen LogP contribution is -2.60. The third-order valence-corrected chi connectivity index (χ3v) is 2.97. The Morgan fingerprint density at radius 1 is 1.24 bits per heavy atom. The van der Waals surface area contributed by atoms with Gasteiger partial charge in [0.05, 0.1) is 31.1 Å². The van der Waals surface area contributed by atoms with Crippen LogP contribution in [0.25, 0.3) is 0 Å². The topological polar surface area (TPSA) is 82.4 Å². The minimum Gasteiger partial charge on any atom is -0.467 e. The van der Waals surface area contributed by atoms with Gasteiger partial charge >= 0.3 is 0 Å². The highest BCUT2D eigenvalue weighted by molar-refractivity contribution is 5.05. The van der Waals surface area contributed by atoms with E-state index in [0.717, 1.165) is 0 Å². The van der Waals surface area contributed by atoms with Crippen LogP contribution in [0.15, 0.2) is 24.5 Å². The molecule has 0 spiro atoms. The second kappa shape index (κ2) is 5.16. The maximum absolute atomic E-state index is 9.71. The fourth-order valence-electron chi connectivity index (χ4n) is 1.84. The Kier molecular flexibility index (Phi) is 3.80. The number of nitrogens with zero attached hydrogens (tertiary/aromatic N) is 1. The summed E-state index contributed by atoms with van der Waals surface area (Å²) in [7, 11) is 0. The molecule has 3 N–H and O–H groups in total. The monoisotopic (exact) mass is 243 g/mol. The lowest BCUT2D eigenvalue weighted by molar-refractivity contribution is -0.306. The number of hydroxylamine groups is 2. The number of β-amino-alcohol motifs (C(OH)–C–C–N with tert-alkyl or cyclic N) is 1. The fourth-order valence-corrected chi connectivity index (χ4v) is 1.84. The van der Waals surface area contributed by atoms with Crippen LogP contribution >= 0.6 is 0 Å². The molecular weight excluding hydrogens is 226 g/mol. The van der Waals surface area contributed by atoms with Gasteiger partial charge in [-0.3, -0.25) is 4.84 Å². The molecule has 96 valence electrons. The van der Waals surface area contributed by atoms with Gasteiger partial charge in [0.2, 0.25) is 6.29 Å². The van der Waals surface area contributed by atoms with Gasteiger partial charge in [0.15, 0.2) is 0 Å². The van der Waals surface area contributed by atoms with E-state index in [1.807, 2.05) is 0 Å². The van der Waals surface area contributed by atoms with Crippen LogP contribution in [0.4, 0.5) is 0 Å². The number of rotatable bonds is 2. The molecule has 2 aliphatic heterocycles. The third kappa shape index (κ3) is 2.67. The van der Waals surface area contributed by atoms with Crippen molar-refractivity contribution in [1.29, 1.82) is 0 Å². The Morgan fingerprint density at radius 3 is 2.65 bits per heavy atom. The first-order valence-electron chi connectivity index (χ1n) is 5.56. The molecule has 1 fully saturated rings. The molecule has 0 aromatic rings. The molecule has 1 saturated heterocycles. The minimum atomic E-state index is -1.15. The van der Waals surface area contributed by atoms with Crippen LogP contribution in [0, 0.1) is 0 Å². The standard InChI is InChI=1S/C11H17NO5/c1-7-10(14)11(15)8(13)6-12(7)17-9-4-2-3-5-16-9/h2-5,7-11,13-15H,6H2,1H3. The molecule has 2 heterocycles. The average Bonchev–Trinajstić information content (AvgIpc) is 2.35. The summed E-state index contributed by atoms with van der Waals surface area (Å²) in [5.74, 6) is 0. The number of piperidine rings is 1. The normalized spacial score (nSPS) is 42.5. The van der Waals surface area contributed by atoms with Crippen molar-refractivity contribution in [3.05, 3.63) is 24.5 Å². The second-order valence-corrected chi connectivity index (χ2v) is 4.21. The summed E-state index contributed by atoms with van der Waals surface area (Å²) in [6, 6.07) is -0.420. The van der Waals surface area contributed by atoms with Crippen LogP contribution in [0.2, 0.25) is 0 Å². The van der Waals surface area contributed by atoms with Gasteiger partial charge < -0.3 is 20.1 Å². The highest BCUT2D eigenvalue weighted by Gasteiger charge is 2.40. The SMILES string of the molecule is CC1C(O)C(O)C(O)CN1OC1C=CC=CO1. The first-order chi connectivity index (χ1) is 8.09. The van der Waals surface area contributed by atoms with Gasteiger partial charge in [0.1, 0.15) is 6.10 Å². The van der Waals surface area contributed by atoms with Gasteiger partial charge in [-0.2, -0.15) is 5.06 Å². The number of aliphatic hydroxyl groups is 3. The minimum absolute atomic E-state index is 0.122. The van der Waals surface area contributed by atoms with Crippen molar-refractivity contribution in [3.8, 4) is 0 Å². The molecule has 5 atom stereocenters. The van der Waals surface area contributed by atoms with E-state index in [9.17, 15) is 15.3 Å². The molecule has 6 heteroatoms. The van der Waals surface area contributed by atoms with E-state index in [4.69, 9.17) is 9.57 Å². The molecule has 2 rings (SSSR count). The van der Waals surface area contributed by atoms with E-state index < -0.39 is 30.6 Å². The molecule has 0 radical (unpaired) electrons. The molecule has 0 saturated carbocycles. The predicted octanol–water partition coefficient (Wildman–Crippen LogP) is -0.869. The van der Waals surface area contributed by atoms with Crippen LogP contribution in [0.3, 0.4) is 0 Å². The first kappa shape index (κ1) is 12.5. The van der Waals surface area contributed by atoms with E-state index in [1.165, 1.54) is 11.3 Å². The van der Waals surface area contributed by atoms with E-state index in [-0.39, 0.29) is 6.54 Å². The largest absolute Gasteiger partial charge is 0.467 e. The summed E-state index contributed by atoms with van der Waals surface area (Å²) in [4.78, 5) is 5.48. The Bertz CT molecular complexity index is 319. The molecule has 0 aliphatic carbocycles. The van der Waals surface area contributed by atoms with E-state index in [2.05, 4.69) is 0 Å². The smallest absolute Gasteiger partial charge is 0.236 e. The third-order valence-electron chi connectivity index (χ3n) is 2.97. The van der Waals surface area contributed by atoms with Crippen molar-refractivity contribution in [2.45, 2.75) is 37.6 Å². The van der Waals surface area contributed by atoms with Gasteiger partial charge in [-0.25, -0.2) is 0 Å². The maximum atomic E-state index is 9.71. The number of hydrogen-bond acceptors (Lipinski definition) is 6. The molecule has 17 heavy (non-hydrogen) atoms. The van der Waals surface area contributed by atoms with Crippen molar-refractivity contribution >= 4 is 0 Å². The molecular formula is C11H17NO5. The van der Waals surface area contributed by atoms with E-state index in [1.54, 1.807) is 25.2 Å². The van der Waals surface area contributed by atoms with Gasteiger partial charge in [0, 0.05) is 0 Å². The van der Waals surface area contributed by atoms with Gasteiger partial charge in [-0.1, -0.05) is 6.08 Å². The average molecular weight is 243 g/mol. The number of allylic oxidation sites excluding steroid dienone is 2. The van der Waals surface area contributed by atoms with Crippen LogP contribution in [-0.2, 0) is 9.57 Å². The molecule has 0 aromatic carbocycles.